The summed E-state index contributed by atoms with van der Waals surface area (Å²) in [5.41, 5.74) is 3.85. The lowest BCUT2D eigenvalue weighted by molar-refractivity contribution is 0.104. The Hall–Kier alpha value is -3.49. The van der Waals surface area contributed by atoms with Gasteiger partial charge in [0.25, 0.3) is 0 Å². The molecule has 1 nitrogen and oxygen atoms in total. The van der Waals surface area contributed by atoms with Crippen LogP contribution in [0.2, 0.25) is 0 Å². The van der Waals surface area contributed by atoms with Gasteiger partial charge in [0.2, 0.25) is 0 Å². The third-order valence-electron chi connectivity index (χ3n) is 6.60. The van der Waals surface area contributed by atoms with Crippen molar-refractivity contribution in [1.82, 2.24) is 0 Å². The summed E-state index contributed by atoms with van der Waals surface area (Å²) in [4.78, 5) is 14.2. The van der Waals surface area contributed by atoms with E-state index in [0.717, 1.165) is 69.8 Å². The van der Waals surface area contributed by atoms with Crippen LogP contribution >= 0.6 is 15.9 Å². The number of rotatable bonds is 0. The van der Waals surface area contributed by atoms with Crippen LogP contribution in [0.5, 0.6) is 0 Å². The van der Waals surface area contributed by atoms with Crippen molar-refractivity contribution in [3.63, 3.8) is 0 Å². The van der Waals surface area contributed by atoms with Crippen LogP contribution in [0.25, 0.3) is 54.2 Å². The lowest BCUT2D eigenvalue weighted by Gasteiger charge is -2.25. The molecule has 0 N–H and O–H groups in total. The molecule has 0 amide bonds. The number of carbonyl (C=O) groups excluding carboxylic acids is 1. The minimum atomic E-state index is 0.122. The van der Waals surface area contributed by atoms with E-state index < -0.39 is 0 Å². The standard InChI is InChI=1S/C29H15BrO/c30-18-12-13-22-24(15-18)20-9-3-4-10-21(20)28-26(22)23-11-5-7-17-14-16-6-1-2-8-19(16)27(25(17)23)29(28)31/h1-15H. The maximum absolute atomic E-state index is 14.2. The maximum Gasteiger partial charge on any atom is 0.195 e. The Morgan fingerprint density at radius 2 is 1.23 bits per heavy atom. The summed E-state index contributed by atoms with van der Waals surface area (Å²) in [6.07, 6.45) is 0. The molecule has 31 heavy (non-hydrogen) atoms. The van der Waals surface area contributed by atoms with E-state index >= 15 is 0 Å². The zero-order valence-electron chi connectivity index (χ0n) is 16.4. The molecule has 0 radical (unpaired) electrons. The van der Waals surface area contributed by atoms with Crippen molar-refractivity contribution in [3.8, 4) is 11.1 Å². The van der Waals surface area contributed by atoms with Crippen molar-refractivity contribution in [1.29, 1.82) is 0 Å². The molecule has 0 heterocycles. The first-order valence-corrected chi connectivity index (χ1v) is 11.2. The molecule has 0 atom stereocenters. The monoisotopic (exact) mass is 458 g/mol. The highest BCUT2D eigenvalue weighted by molar-refractivity contribution is 9.10. The van der Waals surface area contributed by atoms with Gasteiger partial charge < -0.3 is 0 Å². The molecule has 6 aromatic rings. The zero-order valence-corrected chi connectivity index (χ0v) is 18.0. The molecule has 1 aliphatic rings. The molecule has 0 unspecified atom stereocenters. The number of benzene rings is 6. The van der Waals surface area contributed by atoms with Crippen LogP contribution in [-0.4, -0.2) is 5.78 Å². The van der Waals surface area contributed by atoms with Gasteiger partial charge in [0, 0.05) is 26.5 Å². The Labute approximate surface area is 187 Å². The van der Waals surface area contributed by atoms with E-state index in [9.17, 15) is 4.79 Å². The lowest BCUT2D eigenvalue weighted by atomic mass is 9.76. The average molecular weight is 459 g/mol. The summed E-state index contributed by atoms with van der Waals surface area (Å²) in [6.45, 7) is 0. The van der Waals surface area contributed by atoms with E-state index in [1.165, 1.54) is 0 Å². The second-order valence-corrected chi connectivity index (χ2v) is 9.11. The minimum Gasteiger partial charge on any atom is -0.289 e. The molecule has 7 rings (SSSR count). The van der Waals surface area contributed by atoms with Gasteiger partial charge in [-0.15, -0.1) is 0 Å². The summed E-state index contributed by atoms with van der Waals surface area (Å²) >= 11 is 3.64. The first kappa shape index (κ1) is 17.2. The van der Waals surface area contributed by atoms with Crippen LogP contribution in [0.15, 0.2) is 95.5 Å². The molecule has 0 aliphatic heterocycles. The zero-order chi connectivity index (χ0) is 20.7. The number of hydrogen-bond acceptors (Lipinski definition) is 1. The van der Waals surface area contributed by atoms with Gasteiger partial charge in [-0.05, 0) is 61.5 Å². The number of hydrogen-bond donors (Lipinski definition) is 0. The maximum atomic E-state index is 14.2. The predicted octanol–water partition coefficient (Wildman–Crippen LogP) is 8.27. The second-order valence-electron chi connectivity index (χ2n) is 8.19. The first-order valence-electron chi connectivity index (χ1n) is 10.4. The van der Waals surface area contributed by atoms with Crippen LogP contribution in [0.3, 0.4) is 0 Å². The molecular weight excluding hydrogens is 444 g/mol. The fourth-order valence-corrected chi connectivity index (χ4v) is 5.73. The Morgan fingerprint density at radius 3 is 2.10 bits per heavy atom. The van der Waals surface area contributed by atoms with E-state index in [4.69, 9.17) is 0 Å². The summed E-state index contributed by atoms with van der Waals surface area (Å²) in [7, 11) is 0. The van der Waals surface area contributed by atoms with Gasteiger partial charge in [-0.3, -0.25) is 4.79 Å². The quantitative estimate of drug-likeness (QED) is 0.165. The molecule has 0 bridgehead atoms. The third-order valence-corrected chi connectivity index (χ3v) is 7.09. The summed E-state index contributed by atoms with van der Waals surface area (Å²) in [6, 6.07) is 31.5. The van der Waals surface area contributed by atoms with Crippen molar-refractivity contribution in [2.75, 3.05) is 0 Å². The van der Waals surface area contributed by atoms with Gasteiger partial charge in [-0.25, -0.2) is 0 Å². The summed E-state index contributed by atoms with van der Waals surface area (Å²) < 4.78 is 1.04. The van der Waals surface area contributed by atoms with Crippen LogP contribution in [-0.2, 0) is 0 Å². The summed E-state index contributed by atoms with van der Waals surface area (Å²) in [5.74, 6) is 0.122. The molecule has 0 fully saturated rings. The van der Waals surface area contributed by atoms with E-state index in [1.807, 2.05) is 24.3 Å². The molecule has 6 aromatic carbocycles. The molecule has 2 heteroatoms. The van der Waals surface area contributed by atoms with E-state index in [1.54, 1.807) is 0 Å². The smallest absolute Gasteiger partial charge is 0.195 e. The highest BCUT2D eigenvalue weighted by Crippen LogP contribution is 2.48. The molecule has 0 saturated heterocycles. The normalized spacial score (nSPS) is 12.7. The predicted molar refractivity (Wildman–Crippen MR) is 133 cm³/mol. The number of ketones is 1. The third kappa shape index (κ3) is 2.18. The number of carbonyl (C=O) groups is 1. The first-order chi connectivity index (χ1) is 15.2. The van der Waals surface area contributed by atoms with Gasteiger partial charge in [-0.1, -0.05) is 88.7 Å². The van der Waals surface area contributed by atoms with Crippen LogP contribution in [0.4, 0.5) is 0 Å². The van der Waals surface area contributed by atoms with E-state index in [-0.39, 0.29) is 5.78 Å². The molecule has 144 valence electrons. The van der Waals surface area contributed by atoms with Crippen molar-refractivity contribution in [3.05, 3.63) is 107 Å². The molecule has 1 aliphatic carbocycles. The van der Waals surface area contributed by atoms with Crippen molar-refractivity contribution in [2.45, 2.75) is 0 Å². The molecule has 0 spiro atoms. The lowest BCUT2D eigenvalue weighted by Crippen LogP contribution is -2.12. The Bertz CT molecular complexity index is 1760. The fourth-order valence-electron chi connectivity index (χ4n) is 5.37. The van der Waals surface area contributed by atoms with Gasteiger partial charge in [0.05, 0.1) is 0 Å². The van der Waals surface area contributed by atoms with Crippen LogP contribution in [0, 0.1) is 0 Å². The van der Waals surface area contributed by atoms with Gasteiger partial charge >= 0.3 is 0 Å². The van der Waals surface area contributed by atoms with Gasteiger partial charge in [0.15, 0.2) is 5.78 Å². The number of fused-ring (bicyclic) bond motifs is 9. The molecule has 0 saturated carbocycles. The van der Waals surface area contributed by atoms with Gasteiger partial charge in [-0.2, -0.15) is 0 Å². The Morgan fingerprint density at radius 1 is 0.516 bits per heavy atom. The van der Waals surface area contributed by atoms with E-state index in [2.05, 4.69) is 82.7 Å². The Kier molecular flexibility index (Phi) is 3.35. The van der Waals surface area contributed by atoms with Crippen molar-refractivity contribution in [2.24, 2.45) is 0 Å². The Balaban J connectivity index is 1.81. The average Bonchev–Trinajstić information content (AvgIpc) is 2.80. The van der Waals surface area contributed by atoms with Gasteiger partial charge in [0.1, 0.15) is 0 Å². The van der Waals surface area contributed by atoms with Crippen molar-refractivity contribution >= 4 is 64.8 Å². The fraction of sp³-hybridized carbons (Fsp3) is 0. The molecular formula is C29H15BrO. The largest absolute Gasteiger partial charge is 0.289 e. The van der Waals surface area contributed by atoms with Crippen molar-refractivity contribution < 1.29 is 4.79 Å². The second kappa shape index (κ2) is 6.03. The van der Waals surface area contributed by atoms with E-state index in [0.29, 0.717) is 0 Å². The van der Waals surface area contributed by atoms with Crippen LogP contribution < -0.4 is 0 Å². The SMILES string of the molecule is O=C1c2c(c3ccc(Br)cc3c3ccccc23)-c2cccc3cc4ccccc4c1c23. The highest BCUT2D eigenvalue weighted by Gasteiger charge is 2.30. The minimum absolute atomic E-state index is 0.122. The molecule has 0 aromatic heterocycles. The number of halogens is 1. The van der Waals surface area contributed by atoms with Crippen LogP contribution in [0.1, 0.15) is 15.9 Å². The summed E-state index contributed by atoms with van der Waals surface area (Å²) in [5, 5.41) is 8.73. The highest BCUT2D eigenvalue weighted by atomic mass is 79.9. The topological polar surface area (TPSA) is 17.1 Å².